The molecule has 4 atom stereocenters. The van der Waals surface area contributed by atoms with Crippen LogP contribution in [-0.2, 0) is 9.59 Å². The maximum Gasteiger partial charge on any atom is 0.233 e. The average molecular weight is 262 g/mol. The van der Waals surface area contributed by atoms with Gasteiger partial charge in [0.05, 0.1) is 11.8 Å². The summed E-state index contributed by atoms with van der Waals surface area (Å²) in [6.45, 7) is 4.02. The molecule has 2 fully saturated rings. The number of amides is 2. The molecule has 0 aromatic rings. The van der Waals surface area contributed by atoms with Crippen LogP contribution in [0.5, 0.6) is 0 Å². The predicted molar refractivity (Wildman–Crippen MR) is 72.3 cm³/mol. The zero-order chi connectivity index (χ0) is 13.4. The highest BCUT2D eigenvalue weighted by molar-refractivity contribution is 6.05. The van der Waals surface area contributed by atoms with Crippen molar-refractivity contribution in [1.82, 2.24) is 10.2 Å². The molecular formula is C15H22N2O2. The highest BCUT2D eigenvalue weighted by atomic mass is 16.2. The molecule has 19 heavy (non-hydrogen) atoms. The van der Waals surface area contributed by atoms with Crippen LogP contribution in [0.25, 0.3) is 0 Å². The van der Waals surface area contributed by atoms with Crippen LogP contribution in [0.4, 0.5) is 0 Å². The van der Waals surface area contributed by atoms with Crippen molar-refractivity contribution in [3.63, 3.8) is 0 Å². The lowest BCUT2D eigenvalue weighted by Crippen LogP contribution is -2.47. The summed E-state index contributed by atoms with van der Waals surface area (Å²) in [6.07, 6.45) is 7.81. The number of rotatable bonds is 2. The first-order chi connectivity index (χ1) is 9.20. The molecular weight excluding hydrogens is 240 g/mol. The van der Waals surface area contributed by atoms with Crippen LogP contribution in [0.2, 0.25) is 0 Å². The Morgan fingerprint density at radius 2 is 1.84 bits per heavy atom. The maximum atomic E-state index is 12.5. The van der Waals surface area contributed by atoms with Gasteiger partial charge in [0.25, 0.3) is 0 Å². The number of piperidine rings is 1. The number of carbonyl (C=O) groups is 2. The van der Waals surface area contributed by atoms with Crippen molar-refractivity contribution in [2.75, 3.05) is 13.1 Å². The van der Waals surface area contributed by atoms with Crippen molar-refractivity contribution >= 4 is 11.8 Å². The number of nitrogens with one attached hydrogen (secondary N) is 1. The van der Waals surface area contributed by atoms with Gasteiger partial charge in [-0.25, -0.2) is 0 Å². The molecule has 4 heteroatoms. The Kier molecular flexibility index (Phi) is 3.44. The summed E-state index contributed by atoms with van der Waals surface area (Å²) in [5.74, 6) is 0.373. The molecule has 0 aromatic heterocycles. The number of nitrogens with zero attached hydrogens (tertiary/aromatic N) is 1. The second-order valence-electron chi connectivity index (χ2n) is 6.05. The molecule has 2 heterocycles. The molecule has 0 bridgehead atoms. The summed E-state index contributed by atoms with van der Waals surface area (Å²) in [7, 11) is 0. The third-order valence-corrected chi connectivity index (χ3v) is 4.97. The topological polar surface area (TPSA) is 49.4 Å². The lowest BCUT2D eigenvalue weighted by atomic mass is 9.85. The molecule has 0 aromatic carbocycles. The normalized spacial score (nSPS) is 36.5. The standard InChI is InChI=1S/C15H22N2O2/c1-10(11-5-4-8-16-9-11)17-14(18)12-6-2-3-7-13(12)15(17)19/h2-3,10-13,16H,4-9H2,1H3. The van der Waals surface area contributed by atoms with E-state index in [0.717, 1.165) is 38.8 Å². The van der Waals surface area contributed by atoms with E-state index in [4.69, 9.17) is 0 Å². The van der Waals surface area contributed by atoms with E-state index in [2.05, 4.69) is 5.32 Å². The molecule has 0 radical (unpaired) electrons. The van der Waals surface area contributed by atoms with Crippen LogP contribution in [0.1, 0.15) is 32.6 Å². The summed E-state index contributed by atoms with van der Waals surface area (Å²) in [4.78, 5) is 26.6. The molecule has 104 valence electrons. The molecule has 1 N–H and O–H groups in total. The van der Waals surface area contributed by atoms with Gasteiger partial charge in [-0.1, -0.05) is 12.2 Å². The van der Waals surface area contributed by atoms with Gasteiger partial charge in [0.2, 0.25) is 11.8 Å². The molecule has 2 saturated heterocycles. The summed E-state index contributed by atoms with van der Waals surface area (Å²) in [5, 5.41) is 3.37. The van der Waals surface area contributed by atoms with E-state index in [0.29, 0.717) is 5.92 Å². The van der Waals surface area contributed by atoms with E-state index >= 15 is 0 Å². The van der Waals surface area contributed by atoms with Gasteiger partial charge >= 0.3 is 0 Å². The monoisotopic (exact) mass is 262 g/mol. The number of hydrogen-bond acceptors (Lipinski definition) is 3. The van der Waals surface area contributed by atoms with Crippen molar-refractivity contribution < 1.29 is 9.59 Å². The first-order valence-corrected chi connectivity index (χ1v) is 7.42. The minimum atomic E-state index is -0.0866. The van der Waals surface area contributed by atoms with Gasteiger partial charge < -0.3 is 5.32 Å². The van der Waals surface area contributed by atoms with Gasteiger partial charge in [0, 0.05) is 6.04 Å². The summed E-state index contributed by atoms with van der Waals surface area (Å²) in [6, 6.07) is 0.0402. The van der Waals surface area contributed by atoms with Gasteiger partial charge in [0.1, 0.15) is 0 Å². The van der Waals surface area contributed by atoms with Crippen LogP contribution in [0, 0.1) is 17.8 Å². The third kappa shape index (κ3) is 2.12. The molecule has 0 saturated carbocycles. The summed E-state index contributed by atoms with van der Waals surface area (Å²) >= 11 is 0. The van der Waals surface area contributed by atoms with Crippen molar-refractivity contribution in [2.24, 2.45) is 17.8 Å². The Labute approximate surface area is 114 Å². The minimum absolute atomic E-state index is 0.0402. The Hall–Kier alpha value is -1.16. The molecule has 2 aliphatic heterocycles. The molecule has 1 aliphatic carbocycles. The molecule has 3 rings (SSSR count). The minimum Gasteiger partial charge on any atom is -0.316 e. The van der Waals surface area contributed by atoms with E-state index in [1.165, 1.54) is 0 Å². The Bertz CT molecular complexity index is 386. The summed E-state index contributed by atoms with van der Waals surface area (Å²) in [5.41, 5.74) is 0. The Morgan fingerprint density at radius 3 is 2.37 bits per heavy atom. The average Bonchev–Trinajstić information content (AvgIpc) is 2.72. The zero-order valence-electron chi connectivity index (χ0n) is 11.5. The van der Waals surface area contributed by atoms with E-state index in [1.54, 1.807) is 4.90 Å². The van der Waals surface area contributed by atoms with Crippen molar-refractivity contribution in [1.29, 1.82) is 0 Å². The van der Waals surface area contributed by atoms with E-state index in [-0.39, 0.29) is 29.7 Å². The number of fused-ring (bicyclic) bond motifs is 1. The van der Waals surface area contributed by atoms with Gasteiger partial charge in [-0.3, -0.25) is 14.5 Å². The number of imide groups is 1. The number of likely N-dealkylation sites (tertiary alicyclic amines) is 1. The predicted octanol–water partition coefficient (Wildman–Crippen LogP) is 1.33. The lowest BCUT2D eigenvalue weighted by Gasteiger charge is -2.33. The zero-order valence-corrected chi connectivity index (χ0v) is 11.5. The first-order valence-electron chi connectivity index (χ1n) is 7.42. The fourth-order valence-electron chi connectivity index (χ4n) is 3.73. The Morgan fingerprint density at radius 1 is 1.21 bits per heavy atom. The second kappa shape index (κ2) is 5.08. The van der Waals surface area contributed by atoms with Crippen molar-refractivity contribution in [2.45, 2.75) is 38.6 Å². The van der Waals surface area contributed by atoms with Gasteiger partial charge in [-0.2, -0.15) is 0 Å². The third-order valence-electron chi connectivity index (χ3n) is 4.97. The second-order valence-corrected chi connectivity index (χ2v) is 6.05. The number of hydrogen-bond donors (Lipinski definition) is 1. The van der Waals surface area contributed by atoms with Gasteiger partial charge in [-0.05, 0) is 51.6 Å². The highest BCUT2D eigenvalue weighted by Crippen LogP contribution is 2.37. The number of allylic oxidation sites excluding steroid dienone is 2. The number of carbonyl (C=O) groups excluding carboxylic acids is 2. The van der Waals surface area contributed by atoms with E-state index in [9.17, 15) is 9.59 Å². The lowest BCUT2D eigenvalue weighted by molar-refractivity contribution is -0.143. The molecule has 3 aliphatic rings. The van der Waals surface area contributed by atoms with E-state index in [1.807, 2.05) is 19.1 Å². The SMILES string of the molecule is CC(C1CCCNC1)N1C(=O)C2CC=CCC2C1=O. The maximum absolute atomic E-state index is 12.5. The fourth-order valence-corrected chi connectivity index (χ4v) is 3.73. The smallest absolute Gasteiger partial charge is 0.233 e. The van der Waals surface area contributed by atoms with Gasteiger partial charge in [-0.15, -0.1) is 0 Å². The van der Waals surface area contributed by atoms with Crippen molar-refractivity contribution in [3.8, 4) is 0 Å². The van der Waals surface area contributed by atoms with Crippen LogP contribution in [-0.4, -0.2) is 35.8 Å². The van der Waals surface area contributed by atoms with E-state index < -0.39 is 0 Å². The van der Waals surface area contributed by atoms with Crippen LogP contribution in [0.3, 0.4) is 0 Å². The van der Waals surface area contributed by atoms with Gasteiger partial charge in [0.15, 0.2) is 0 Å². The molecule has 4 nitrogen and oxygen atoms in total. The quantitative estimate of drug-likeness (QED) is 0.603. The molecule has 4 unspecified atom stereocenters. The molecule has 2 amide bonds. The van der Waals surface area contributed by atoms with Crippen LogP contribution >= 0.6 is 0 Å². The fraction of sp³-hybridized carbons (Fsp3) is 0.733. The van der Waals surface area contributed by atoms with Crippen LogP contribution in [0.15, 0.2) is 12.2 Å². The van der Waals surface area contributed by atoms with Crippen molar-refractivity contribution in [3.05, 3.63) is 12.2 Å². The molecule has 0 spiro atoms. The Balaban J connectivity index is 1.77. The van der Waals surface area contributed by atoms with Crippen LogP contribution < -0.4 is 5.32 Å². The highest BCUT2D eigenvalue weighted by Gasteiger charge is 2.49. The largest absolute Gasteiger partial charge is 0.316 e. The summed E-state index contributed by atoms with van der Waals surface area (Å²) < 4.78 is 0. The first kappa shape index (κ1) is 12.9.